The monoisotopic (exact) mass is 243 g/mol. The zero-order valence-electron chi connectivity index (χ0n) is 10.8. The molecular formula is C14H17N3O. The predicted octanol–water partition coefficient (Wildman–Crippen LogP) is 3.43. The number of rotatable bonds is 4. The molecule has 0 aliphatic carbocycles. The quantitative estimate of drug-likeness (QED) is 0.893. The van der Waals surface area contributed by atoms with Gasteiger partial charge in [-0.25, -0.2) is 9.97 Å². The molecule has 0 atom stereocenters. The molecule has 1 heterocycles. The fourth-order valence-corrected chi connectivity index (χ4v) is 1.60. The molecule has 4 heteroatoms. The molecule has 0 saturated heterocycles. The second kappa shape index (κ2) is 5.49. The molecule has 0 unspecified atom stereocenters. The fraction of sp³-hybridized carbons (Fsp3) is 0.286. The van der Waals surface area contributed by atoms with E-state index in [4.69, 9.17) is 4.74 Å². The lowest BCUT2D eigenvalue weighted by Gasteiger charge is -2.09. The Hall–Kier alpha value is -2.10. The average Bonchev–Trinajstić information content (AvgIpc) is 2.40. The summed E-state index contributed by atoms with van der Waals surface area (Å²) in [5.41, 5.74) is 1.29. The molecule has 0 saturated carbocycles. The molecule has 2 aromatic rings. The fourth-order valence-electron chi connectivity index (χ4n) is 1.60. The molecule has 0 fully saturated rings. The van der Waals surface area contributed by atoms with Crippen molar-refractivity contribution in [2.24, 2.45) is 0 Å². The van der Waals surface area contributed by atoms with E-state index in [-0.39, 0.29) is 0 Å². The Bertz CT molecular complexity index is 509. The summed E-state index contributed by atoms with van der Waals surface area (Å²) in [5, 5.41) is 2.95. The summed E-state index contributed by atoms with van der Waals surface area (Å²) >= 11 is 0. The lowest BCUT2D eigenvalue weighted by atomic mass is 10.0. The van der Waals surface area contributed by atoms with E-state index < -0.39 is 0 Å². The summed E-state index contributed by atoms with van der Waals surface area (Å²) in [5.74, 6) is 2.39. The highest BCUT2D eigenvalue weighted by atomic mass is 16.5. The van der Waals surface area contributed by atoms with E-state index in [9.17, 15) is 0 Å². The van der Waals surface area contributed by atoms with Crippen molar-refractivity contribution in [3.05, 3.63) is 42.2 Å². The van der Waals surface area contributed by atoms with Crippen LogP contribution in [0.4, 0.5) is 5.82 Å². The van der Waals surface area contributed by atoms with E-state index in [0.717, 1.165) is 5.75 Å². The number of benzene rings is 1. The minimum atomic E-state index is 0.484. The average molecular weight is 243 g/mol. The Kier molecular flexibility index (Phi) is 3.77. The summed E-state index contributed by atoms with van der Waals surface area (Å²) < 4.78 is 5.70. The second-order valence-corrected chi connectivity index (χ2v) is 4.29. The standard InChI is InChI=1S/C14H17N3O/c1-10(2)11-4-6-12(7-5-11)18-14-13(15-3)16-8-9-17-14/h4-10H,1-3H3,(H,15,16). The van der Waals surface area contributed by atoms with Crippen LogP contribution < -0.4 is 10.1 Å². The third-order valence-electron chi connectivity index (χ3n) is 2.66. The number of ether oxygens (including phenoxy) is 1. The molecule has 1 N–H and O–H groups in total. The Balaban J connectivity index is 2.18. The summed E-state index contributed by atoms with van der Waals surface area (Å²) in [6.45, 7) is 4.33. The number of anilines is 1. The van der Waals surface area contributed by atoms with Crippen LogP contribution in [0.15, 0.2) is 36.7 Å². The van der Waals surface area contributed by atoms with Gasteiger partial charge in [0.2, 0.25) is 0 Å². The van der Waals surface area contributed by atoms with Crippen molar-refractivity contribution < 1.29 is 4.74 Å². The third-order valence-corrected chi connectivity index (χ3v) is 2.66. The number of hydrogen-bond donors (Lipinski definition) is 1. The van der Waals surface area contributed by atoms with Gasteiger partial charge in [-0.3, -0.25) is 0 Å². The summed E-state index contributed by atoms with van der Waals surface area (Å²) in [6.07, 6.45) is 3.24. The molecule has 0 spiro atoms. The topological polar surface area (TPSA) is 47.0 Å². The van der Waals surface area contributed by atoms with Crippen molar-refractivity contribution in [3.63, 3.8) is 0 Å². The summed E-state index contributed by atoms with van der Waals surface area (Å²) in [4.78, 5) is 8.30. The van der Waals surface area contributed by atoms with Gasteiger partial charge in [0.1, 0.15) is 5.75 Å². The van der Waals surface area contributed by atoms with Crippen molar-refractivity contribution in [3.8, 4) is 11.6 Å². The lowest BCUT2D eigenvalue weighted by Crippen LogP contribution is -1.98. The first-order chi connectivity index (χ1) is 8.70. The van der Waals surface area contributed by atoms with Gasteiger partial charge in [-0.2, -0.15) is 0 Å². The van der Waals surface area contributed by atoms with Gasteiger partial charge in [0, 0.05) is 19.4 Å². The van der Waals surface area contributed by atoms with Crippen LogP contribution in [0.25, 0.3) is 0 Å². The van der Waals surface area contributed by atoms with Gasteiger partial charge in [-0.1, -0.05) is 26.0 Å². The van der Waals surface area contributed by atoms with Crippen LogP contribution in [0, 0.1) is 0 Å². The SMILES string of the molecule is CNc1nccnc1Oc1ccc(C(C)C)cc1. The summed E-state index contributed by atoms with van der Waals surface area (Å²) in [6, 6.07) is 8.03. The van der Waals surface area contributed by atoms with Gasteiger partial charge >= 0.3 is 0 Å². The van der Waals surface area contributed by atoms with Crippen LogP contribution in [-0.4, -0.2) is 17.0 Å². The number of nitrogens with zero attached hydrogens (tertiary/aromatic N) is 2. The van der Waals surface area contributed by atoms with Crippen LogP contribution in [0.2, 0.25) is 0 Å². The highest BCUT2D eigenvalue weighted by molar-refractivity contribution is 5.46. The van der Waals surface area contributed by atoms with Crippen LogP contribution in [-0.2, 0) is 0 Å². The minimum absolute atomic E-state index is 0.484. The molecule has 1 aromatic heterocycles. The van der Waals surface area contributed by atoms with Crippen molar-refractivity contribution in [2.75, 3.05) is 12.4 Å². The molecule has 18 heavy (non-hydrogen) atoms. The molecule has 0 bridgehead atoms. The van der Waals surface area contributed by atoms with Crippen LogP contribution in [0.1, 0.15) is 25.3 Å². The molecule has 4 nitrogen and oxygen atoms in total. The molecule has 0 aliphatic rings. The van der Waals surface area contributed by atoms with Crippen molar-refractivity contribution >= 4 is 5.82 Å². The summed E-state index contributed by atoms with van der Waals surface area (Å²) in [7, 11) is 1.79. The van der Waals surface area contributed by atoms with E-state index in [0.29, 0.717) is 17.6 Å². The van der Waals surface area contributed by atoms with Gasteiger partial charge in [-0.15, -0.1) is 0 Å². The number of nitrogens with one attached hydrogen (secondary N) is 1. The molecule has 94 valence electrons. The first kappa shape index (κ1) is 12.4. The van der Waals surface area contributed by atoms with Crippen LogP contribution in [0.5, 0.6) is 11.6 Å². The molecule has 2 rings (SSSR count). The van der Waals surface area contributed by atoms with Crippen molar-refractivity contribution in [1.29, 1.82) is 0 Å². The van der Waals surface area contributed by atoms with Crippen molar-refractivity contribution in [2.45, 2.75) is 19.8 Å². The van der Waals surface area contributed by atoms with Gasteiger partial charge in [0.25, 0.3) is 5.88 Å². The third kappa shape index (κ3) is 2.77. The highest BCUT2D eigenvalue weighted by Gasteiger charge is 2.06. The first-order valence-electron chi connectivity index (χ1n) is 5.97. The Labute approximate surface area is 107 Å². The Morgan fingerprint density at radius 2 is 1.72 bits per heavy atom. The smallest absolute Gasteiger partial charge is 0.262 e. The Morgan fingerprint density at radius 1 is 1.06 bits per heavy atom. The van der Waals surface area contributed by atoms with E-state index in [1.807, 2.05) is 12.1 Å². The van der Waals surface area contributed by atoms with E-state index in [2.05, 4.69) is 41.3 Å². The Morgan fingerprint density at radius 3 is 2.33 bits per heavy atom. The van der Waals surface area contributed by atoms with Gasteiger partial charge in [0.15, 0.2) is 5.82 Å². The molecular weight excluding hydrogens is 226 g/mol. The lowest BCUT2D eigenvalue weighted by molar-refractivity contribution is 0.462. The molecule has 0 aliphatic heterocycles. The maximum atomic E-state index is 5.70. The first-order valence-corrected chi connectivity index (χ1v) is 5.97. The van der Waals surface area contributed by atoms with E-state index >= 15 is 0 Å². The molecule has 0 radical (unpaired) electrons. The van der Waals surface area contributed by atoms with E-state index in [1.54, 1.807) is 19.4 Å². The zero-order chi connectivity index (χ0) is 13.0. The zero-order valence-corrected chi connectivity index (χ0v) is 10.8. The maximum absolute atomic E-state index is 5.70. The van der Waals surface area contributed by atoms with E-state index in [1.165, 1.54) is 5.56 Å². The van der Waals surface area contributed by atoms with Gasteiger partial charge in [0.05, 0.1) is 0 Å². The van der Waals surface area contributed by atoms with Gasteiger partial charge in [-0.05, 0) is 23.6 Å². The number of hydrogen-bond acceptors (Lipinski definition) is 4. The molecule has 0 amide bonds. The minimum Gasteiger partial charge on any atom is -0.436 e. The van der Waals surface area contributed by atoms with Crippen molar-refractivity contribution in [1.82, 2.24) is 9.97 Å². The largest absolute Gasteiger partial charge is 0.436 e. The van der Waals surface area contributed by atoms with Gasteiger partial charge < -0.3 is 10.1 Å². The second-order valence-electron chi connectivity index (χ2n) is 4.29. The van der Waals surface area contributed by atoms with Crippen LogP contribution in [0.3, 0.4) is 0 Å². The predicted molar refractivity (Wildman–Crippen MR) is 72.2 cm³/mol. The normalized spacial score (nSPS) is 10.4. The highest BCUT2D eigenvalue weighted by Crippen LogP contribution is 2.26. The van der Waals surface area contributed by atoms with Crippen LogP contribution >= 0.6 is 0 Å². The molecule has 1 aromatic carbocycles. The number of aromatic nitrogens is 2. The maximum Gasteiger partial charge on any atom is 0.262 e.